The maximum absolute atomic E-state index is 13.4. The highest BCUT2D eigenvalue weighted by Gasteiger charge is 2.11. The minimum absolute atomic E-state index is 0.0799. The van der Waals surface area contributed by atoms with Gasteiger partial charge < -0.3 is 10.7 Å². The molecule has 106 valence electrons. The van der Waals surface area contributed by atoms with E-state index in [4.69, 9.17) is 17.4 Å². The molecule has 0 unspecified atom stereocenters. The van der Waals surface area contributed by atoms with Gasteiger partial charge in [0.05, 0.1) is 5.02 Å². The second-order valence-electron chi connectivity index (χ2n) is 4.20. The summed E-state index contributed by atoms with van der Waals surface area (Å²) in [7, 11) is 0. The molecule has 7 heteroatoms. The Kier molecular flexibility index (Phi) is 4.70. The molecule has 0 spiro atoms. The molecule has 0 fully saturated rings. The van der Waals surface area contributed by atoms with Crippen LogP contribution in [0.2, 0.25) is 5.02 Å². The number of hydrogen-bond acceptors (Lipinski definition) is 5. The first-order valence-electron chi connectivity index (χ1n) is 6.18. The molecular weight excluding hydrogens is 281 g/mol. The topological polar surface area (TPSA) is 75.9 Å². The number of nitrogens with two attached hydrogens (primary N) is 1. The van der Waals surface area contributed by atoms with Gasteiger partial charge in [0.1, 0.15) is 23.8 Å². The second-order valence-corrected chi connectivity index (χ2v) is 4.60. The van der Waals surface area contributed by atoms with Crippen LogP contribution in [0.1, 0.15) is 18.9 Å². The number of nitrogens with zero attached hydrogens (tertiary/aromatic N) is 2. The van der Waals surface area contributed by atoms with E-state index in [9.17, 15) is 4.39 Å². The summed E-state index contributed by atoms with van der Waals surface area (Å²) in [5.41, 5.74) is 3.96. The van der Waals surface area contributed by atoms with Crippen molar-refractivity contribution in [1.29, 1.82) is 0 Å². The van der Waals surface area contributed by atoms with E-state index in [0.29, 0.717) is 17.3 Å². The van der Waals surface area contributed by atoms with Crippen LogP contribution in [0, 0.1) is 5.82 Å². The van der Waals surface area contributed by atoms with E-state index in [1.54, 1.807) is 6.07 Å². The molecule has 0 amide bonds. The molecule has 0 aliphatic rings. The Hall–Kier alpha value is -1.92. The van der Waals surface area contributed by atoms with Crippen molar-refractivity contribution >= 4 is 28.9 Å². The first-order chi connectivity index (χ1) is 9.65. The molecule has 0 aliphatic carbocycles. The third-order valence-corrected chi connectivity index (χ3v) is 3.07. The molecule has 2 aromatic rings. The van der Waals surface area contributed by atoms with Crippen molar-refractivity contribution in [1.82, 2.24) is 9.97 Å². The highest BCUT2D eigenvalue weighted by Crippen LogP contribution is 2.26. The van der Waals surface area contributed by atoms with Crippen molar-refractivity contribution in [2.24, 2.45) is 5.84 Å². The van der Waals surface area contributed by atoms with E-state index in [0.717, 1.165) is 18.4 Å². The fraction of sp³-hybridized carbons (Fsp3) is 0.231. The molecule has 1 aromatic heterocycles. The van der Waals surface area contributed by atoms with Crippen molar-refractivity contribution in [3.63, 3.8) is 0 Å². The highest BCUT2D eigenvalue weighted by molar-refractivity contribution is 6.30. The Bertz CT molecular complexity index is 605. The van der Waals surface area contributed by atoms with E-state index >= 15 is 0 Å². The predicted molar refractivity (Wildman–Crippen MR) is 78.5 cm³/mol. The van der Waals surface area contributed by atoms with Crippen LogP contribution >= 0.6 is 11.6 Å². The van der Waals surface area contributed by atoms with Gasteiger partial charge in [-0.3, -0.25) is 0 Å². The monoisotopic (exact) mass is 295 g/mol. The van der Waals surface area contributed by atoms with Gasteiger partial charge in [-0.2, -0.15) is 0 Å². The molecule has 0 saturated carbocycles. The van der Waals surface area contributed by atoms with Crippen molar-refractivity contribution in [3.05, 3.63) is 40.9 Å². The third kappa shape index (κ3) is 3.15. The maximum atomic E-state index is 13.4. The average Bonchev–Trinajstić information content (AvgIpc) is 2.45. The number of nitrogens with one attached hydrogen (secondary N) is 2. The number of hydrogen-bond donors (Lipinski definition) is 3. The lowest BCUT2D eigenvalue weighted by molar-refractivity contribution is 0.629. The van der Waals surface area contributed by atoms with Crippen LogP contribution in [0.25, 0.3) is 0 Å². The third-order valence-electron chi connectivity index (χ3n) is 2.76. The molecule has 0 bridgehead atoms. The summed E-state index contributed by atoms with van der Waals surface area (Å²) in [5.74, 6) is 6.10. The van der Waals surface area contributed by atoms with Crippen LogP contribution in [0.15, 0.2) is 24.5 Å². The average molecular weight is 296 g/mol. The Balaban J connectivity index is 2.34. The summed E-state index contributed by atoms with van der Waals surface area (Å²) in [6.45, 7) is 2.04. The van der Waals surface area contributed by atoms with E-state index < -0.39 is 5.82 Å². The molecule has 0 radical (unpaired) electrons. The first-order valence-corrected chi connectivity index (χ1v) is 6.56. The number of rotatable bonds is 5. The number of nitrogen functional groups attached to an aromatic ring is 1. The van der Waals surface area contributed by atoms with Gasteiger partial charge in [-0.25, -0.2) is 20.2 Å². The molecule has 0 saturated heterocycles. The van der Waals surface area contributed by atoms with Gasteiger partial charge in [-0.05, 0) is 24.6 Å². The van der Waals surface area contributed by atoms with E-state index in [-0.39, 0.29) is 5.02 Å². The Morgan fingerprint density at radius 1 is 1.30 bits per heavy atom. The standard InChI is InChI=1S/C13H15ClFN5/c1-2-3-9-12(17-7-18-13(9)20-16)19-8-4-5-10(14)11(15)6-8/h4-7H,2-3,16H2,1H3,(H2,17,18,19,20). The first kappa shape index (κ1) is 14.5. The van der Waals surface area contributed by atoms with Gasteiger partial charge in [0.2, 0.25) is 0 Å². The number of aromatic nitrogens is 2. The molecule has 5 nitrogen and oxygen atoms in total. The van der Waals surface area contributed by atoms with Crippen LogP contribution in [-0.4, -0.2) is 9.97 Å². The van der Waals surface area contributed by atoms with Gasteiger partial charge in [-0.1, -0.05) is 24.9 Å². The number of anilines is 3. The van der Waals surface area contributed by atoms with Gasteiger partial charge in [-0.15, -0.1) is 0 Å². The quantitative estimate of drug-likeness (QED) is 0.583. The number of benzene rings is 1. The summed E-state index contributed by atoms with van der Waals surface area (Å²) >= 11 is 5.66. The lowest BCUT2D eigenvalue weighted by Gasteiger charge is -2.13. The van der Waals surface area contributed by atoms with Crippen molar-refractivity contribution in [3.8, 4) is 0 Å². The maximum Gasteiger partial charge on any atom is 0.148 e. The SMILES string of the molecule is CCCc1c(NN)ncnc1Nc1ccc(Cl)c(F)c1. The fourth-order valence-electron chi connectivity index (χ4n) is 1.84. The van der Waals surface area contributed by atoms with Gasteiger partial charge in [0.15, 0.2) is 0 Å². The molecule has 20 heavy (non-hydrogen) atoms. The Morgan fingerprint density at radius 3 is 2.70 bits per heavy atom. The summed E-state index contributed by atoms with van der Waals surface area (Å²) in [6.07, 6.45) is 3.05. The molecule has 4 N–H and O–H groups in total. The van der Waals surface area contributed by atoms with Crippen LogP contribution in [0.5, 0.6) is 0 Å². The van der Waals surface area contributed by atoms with E-state index in [1.165, 1.54) is 18.5 Å². The predicted octanol–water partition coefficient (Wildman–Crippen LogP) is 3.25. The van der Waals surface area contributed by atoms with Crippen molar-refractivity contribution < 1.29 is 4.39 Å². The van der Waals surface area contributed by atoms with Crippen LogP contribution < -0.4 is 16.6 Å². The van der Waals surface area contributed by atoms with Crippen molar-refractivity contribution in [2.45, 2.75) is 19.8 Å². The zero-order valence-corrected chi connectivity index (χ0v) is 11.7. The minimum Gasteiger partial charge on any atom is -0.340 e. The fourth-order valence-corrected chi connectivity index (χ4v) is 1.96. The molecule has 1 heterocycles. The molecule has 0 aliphatic heterocycles. The number of hydrazine groups is 1. The molecule has 1 aromatic carbocycles. The minimum atomic E-state index is -0.486. The van der Waals surface area contributed by atoms with E-state index in [1.807, 2.05) is 6.92 Å². The normalized spacial score (nSPS) is 10.4. The van der Waals surface area contributed by atoms with Gasteiger partial charge >= 0.3 is 0 Å². The second kappa shape index (κ2) is 6.49. The summed E-state index contributed by atoms with van der Waals surface area (Å²) in [5, 5.41) is 3.13. The molecular formula is C13H15ClFN5. The summed E-state index contributed by atoms with van der Waals surface area (Å²) in [6, 6.07) is 4.48. The Labute approximate surface area is 121 Å². The smallest absolute Gasteiger partial charge is 0.148 e. The van der Waals surface area contributed by atoms with Gasteiger partial charge in [0.25, 0.3) is 0 Å². The van der Waals surface area contributed by atoms with Crippen molar-refractivity contribution in [2.75, 3.05) is 10.7 Å². The van der Waals surface area contributed by atoms with E-state index in [2.05, 4.69) is 20.7 Å². The Morgan fingerprint density at radius 2 is 2.05 bits per heavy atom. The lowest BCUT2D eigenvalue weighted by Crippen LogP contribution is -2.13. The largest absolute Gasteiger partial charge is 0.340 e. The molecule has 2 rings (SSSR count). The molecule has 0 atom stereocenters. The van der Waals surface area contributed by atoms with Crippen LogP contribution in [0.4, 0.5) is 21.7 Å². The highest BCUT2D eigenvalue weighted by atomic mass is 35.5. The summed E-state index contributed by atoms with van der Waals surface area (Å²) in [4.78, 5) is 8.25. The lowest BCUT2D eigenvalue weighted by atomic mass is 10.1. The van der Waals surface area contributed by atoms with Gasteiger partial charge in [0, 0.05) is 11.3 Å². The summed E-state index contributed by atoms with van der Waals surface area (Å²) < 4.78 is 13.4. The van der Waals surface area contributed by atoms with Crippen LogP contribution in [-0.2, 0) is 6.42 Å². The van der Waals surface area contributed by atoms with Crippen LogP contribution in [0.3, 0.4) is 0 Å². The number of halogens is 2. The zero-order chi connectivity index (χ0) is 14.5. The zero-order valence-electron chi connectivity index (χ0n) is 11.0.